The second-order valence-electron chi connectivity index (χ2n) is 29.9. The topological polar surface area (TPSA) is 419 Å². The number of carbonyl (C=O) groups is 2. The normalized spacial score (nSPS) is 52.9. The number of esters is 2. The number of carbonyl (C=O) groups excluding carboxylic acids is 2. The molecule has 5 aliphatic carbocycles. The lowest BCUT2D eigenvalue weighted by atomic mass is 9.30. The number of fused-ring (bicyclic) bond motifs is 4. The van der Waals surface area contributed by atoms with Gasteiger partial charge in [0.25, 0.3) is 0 Å². The Balaban J connectivity index is 0.967. The van der Waals surface area contributed by atoms with Crippen molar-refractivity contribution in [3.63, 3.8) is 0 Å². The highest BCUT2D eigenvalue weighted by atomic mass is 16.8. The molecule has 3 unspecified atom stereocenters. The second kappa shape index (κ2) is 25.7. The fourth-order valence-corrected chi connectivity index (χ4v) is 19.2. The summed E-state index contributed by atoms with van der Waals surface area (Å²) >= 11 is 0. The molecule has 0 amide bonds. The van der Waals surface area contributed by atoms with Gasteiger partial charge in [0.1, 0.15) is 97.7 Å². The van der Waals surface area contributed by atoms with E-state index in [1.807, 2.05) is 13.8 Å². The number of aliphatic hydroxyl groups is 14. The Morgan fingerprint density at radius 1 is 0.505 bits per heavy atom. The predicted octanol–water partition coefficient (Wildman–Crippen LogP) is -1.03. The summed E-state index contributed by atoms with van der Waals surface area (Å²) in [5, 5.41) is 158. The van der Waals surface area contributed by atoms with Gasteiger partial charge < -0.3 is 124 Å². The van der Waals surface area contributed by atoms with Gasteiger partial charge in [-0.2, -0.15) is 0 Å². The molecule has 1 spiro atoms. The van der Waals surface area contributed by atoms with Gasteiger partial charge in [0, 0.05) is 27.9 Å². The van der Waals surface area contributed by atoms with Crippen molar-refractivity contribution in [2.45, 2.75) is 294 Å². The molecule has 0 aromatic rings. The van der Waals surface area contributed by atoms with Crippen molar-refractivity contribution in [1.82, 2.24) is 0 Å². The van der Waals surface area contributed by atoms with E-state index in [-0.39, 0.29) is 18.3 Å². The average Bonchev–Trinajstić information content (AvgIpc) is 1.56. The van der Waals surface area contributed by atoms with Crippen LogP contribution in [-0.4, -0.2) is 262 Å². The molecular formula is C64H102O27. The first kappa shape index (κ1) is 71.3. The minimum absolute atomic E-state index is 0.0189. The Bertz CT molecular complexity index is 2680. The third-order valence-electron chi connectivity index (χ3n) is 24.8. The first-order chi connectivity index (χ1) is 42.6. The van der Waals surface area contributed by atoms with Crippen molar-refractivity contribution < 1.29 is 133 Å². The van der Waals surface area contributed by atoms with Crippen molar-refractivity contribution in [3.05, 3.63) is 23.3 Å². The molecule has 0 aromatic heterocycles. The molecule has 14 N–H and O–H groups in total. The molecule has 2 bridgehead atoms. The summed E-state index contributed by atoms with van der Waals surface area (Å²) in [5.74, 6) is -1.98. The minimum Gasteiger partial charge on any atom is -0.454 e. The Kier molecular flexibility index (Phi) is 20.2. The van der Waals surface area contributed by atoms with Gasteiger partial charge in [0.2, 0.25) is 0 Å². The minimum atomic E-state index is -2.03. The van der Waals surface area contributed by atoms with Crippen molar-refractivity contribution >= 4 is 11.9 Å². The fraction of sp³-hybridized carbons (Fsp3) is 0.906. The number of hydrogen-bond donors (Lipinski definition) is 14. The van der Waals surface area contributed by atoms with Crippen LogP contribution in [-0.2, 0) is 61.7 Å². The van der Waals surface area contributed by atoms with Gasteiger partial charge in [-0.1, -0.05) is 60.6 Å². The van der Waals surface area contributed by atoms with Gasteiger partial charge in [0.15, 0.2) is 37.6 Å². The van der Waals surface area contributed by atoms with Crippen molar-refractivity contribution in [1.29, 1.82) is 0 Å². The van der Waals surface area contributed by atoms with E-state index in [2.05, 4.69) is 34.6 Å². The Hall–Kier alpha value is -2.50. The van der Waals surface area contributed by atoms with Crippen molar-refractivity contribution in [3.8, 4) is 0 Å². The van der Waals surface area contributed by atoms with E-state index in [1.54, 1.807) is 39.8 Å². The van der Waals surface area contributed by atoms with Gasteiger partial charge in [0.05, 0.1) is 49.1 Å². The molecule has 10 aliphatic rings. The highest BCUT2D eigenvalue weighted by molar-refractivity contribution is 5.89. The molecule has 27 heteroatoms. The third kappa shape index (κ3) is 11.1. The van der Waals surface area contributed by atoms with Crippen LogP contribution >= 0.6 is 0 Å². The smallest absolute Gasteiger partial charge is 0.333 e. The van der Waals surface area contributed by atoms with E-state index >= 15 is 0 Å². The highest BCUT2D eigenvalue weighted by Gasteiger charge is 2.86. The molecule has 27 nitrogen and oxygen atoms in total. The number of hydrogen-bond acceptors (Lipinski definition) is 27. The van der Waals surface area contributed by atoms with Crippen LogP contribution in [0.5, 0.6) is 0 Å². The molecule has 520 valence electrons. The fourth-order valence-electron chi connectivity index (χ4n) is 19.2. The van der Waals surface area contributed by atoms with Crippen LogP contribution in [0.15, 0.2) is 23.3 Å². The van der Waals surface area contributed by atoms with Crippen LogP contribution in [0.4, 0.5) is 0 Å². The average molecular weight is 1300 g/mol. The summed E-state index contributed by atoms with van der Waals surface area (Å²) in [6, 6.07) is 0. The van der Waals surface area contributed by atoms with Gasteiger partial charge in [-0.3, -0.25) is 0 Å². The summed E-state index contributed by atoms with van der Waals surface area (Å²) in [7, 11) is 0. The Morgan fingerprint density at radius 2 is 1.00 bits per heavy atom. The molecular weight excluding hydrogens is 1200 g/mol. The van der Waals surface area contributed by atoms with E-state index in [0.29, 0.717) is 56.1 Å². The zero-order valence-corrected chi connectivity index (χ0v) is 54.2. The van der Waals surface area contributed by atoms with Crippen LogP contribution in [0, 0.1) is 50.2 Å². The summed E-state index contributed by atoms with van der Waals surface area (Å²) < 4.78 is 70.0. The van der Waals surface area contributed by atoms with E-state index < -0.39 is 229 Å². The lowest BCUT2D eigenvalue weighted by Crippen LogP contribution is -2.77. The molecule has 5 aliphatic heterocycles. The molecule has 5 saturated carbocycles. The molecule has 5 saturated heterocycles. The van der Waals surface area contributed by atoms with Gasteiger partial charge >= 0.3 is 11.9 Å². The molecule has 5 heterocycles. The quantitative estimate of drug-likeness (QED) is 0.0530. The van der Waals surface area contributed by atoms with E-state index in [4.69, 9.17) is 52.1 Å². The van der Waals surface area contributed by atoms with E-state index in [9.17, 15) is 81.1 Å². The highest BCUT2D eigenvalue weighted by Crippen LogP contribution is 2.82. The van der Waals surface area contributed by atoms with Crippen molar-refractivity contribution in [2.24, 2.45) is 50.2 Å². The van der Waals surface area contributed by atoms with Crippen LogP contribution in [0.1, 0.15) is 134 Å². The molecule has 10 rings (SSSR count). The second-order valence-corrected chi connectivity index (χ2v) is 29.9. The molecule has 91 heavy (non-hydrogen) atoms. The van der Waals surface area contributed by atoms with Crippen LogP contribution in [0.25, 0.3) is 0 Å². The summed E-state index contributed by atoms with van der Waals surface area (Å²) in [5.41, 5.74) is -5.44. The van der Waals surface area contributed by atoms with Gasteiger partial charge in [-0.15, -0.1) is 0 Å². The predicted molar refractivity (Wildman–Crippen MR) is 311 cm³/mol. The maximum atomic E-state index is 14.0. The number of ether oxygens (including phenoxy) is 11. The van der Waals surface area contributed by atoms with E-state index in [0.717, 1.165) is 0 Å². The SMILES string of the molecule is C/C=C(\C)C(=O)O[C@H]1[C@H](OC(=O)/C(C)=C/C)[C@@]23C(CC1(C)C)[C@]1(CCC4[C@@]5(C)CC[C@H](O[C@@H]6O[C@H](CO)[C@@H](O)[C@H](O[C@@H]7O[C@H](CO)[C@H](O)[C@H](O)[C@H]7O[C@@H]7O[C@@H](C)[C@H](O)[C@@H](O)[C@H]7O)[C@H]6O[C@@H]6O[C@H](CO)[C@H](O)[C@H](O)[C@H]6O)C(C)(C)C5CC[C@@]4(C)[C@]1(C)C[C@H]2O)O[C@@H]3O. The number of rotatable bonds is 15. The maximum Gasteiger partial charge on any atom is 0.333 e. The summed E-state index contributed by atoms with van der Waals surface area (Å²) in [6.07, 6.45) is -34.6. The zero-order chi connectivity index (χ0) is 66.9. The Morgan fingerprint density at radius 3 is 1.58 bits per heavy atom. The zero-order valence-electron chi connectivity index (χ0n) is 54.2. The lowest BCUT2D eigenvalue weighted by molar-refractivity contribution is -0.409. The molecule has 33 atom stereocenters. The standard InChI is InChI=1S/C64H102O27/c1-13-26(3)51(78)89-49-50(90-52(79)27(4)14-2)64-34(21-58(49,6)7)63(91-57(64)80)20-16-33-60(10)18-17-36(59(8,9)32(60)15-19-61(33,11)62(63,12)22-35(64)68)85-56-48(88-54-45(77)42(74)38(70)29(23-65)82-54)46(40(72)31(25-67)84-56)86-55-47(43(75)39(71)30(24-66)83-55)87-53-44(76)41(73)37(69)28(5)81-53/h13-14,28-50,53-57,65-77,80H,15-25H2,1-12H3/b26-13+,27-14+/t28-,29+,30+,31+,32?,33?,34?,35+,36-,37-,38-,39-,40+,41+,42-,43-,44+,45+,46-,47+,48+,49-,50-,53-,54-,55-,56-,57-,60-,61+,62-,63-,64+/m0/s1. The molecule has 0 radical (unpaired) electrons. The first-order valence-corrected chi connectivity index (χ1v) is 32.5. The van der Waals surface area contributed by atoms with Crippen LogP contribution in [0.3, 0.4) is 0 Å². The van der Waals surface area contributed by atoms with E-state index in [1.165, 1.54) is 6.92 Å². The summed E-state index contributed by atoms with van der Waals surface area (Å²) in [6.45, 7) is 20.2. The molecule has 10 fully saturated rings. The van der Waals surface area contributed by atoms with Crippen LogP contribution in [0.2, 0.25) is 0 Å². The van der Waals surface area contributed by atoms with Gasteiger partial charge in [-0.25, -0.2) is 9.59 Å². The molecule has 0 aromatic carbocycles. The monoisotopic (exact) mass is 1300 g/mol. The Labute approximate surface area is 530 Å². The summed E-state index contributed by atoms with van der Waals surface area (Å²) in [4.78, 5) is 27.7. The lowest BCUT2D eigenvalue weighted by Gasteiger charge is -2.75. The third-order valence-corrected chi connectivity index (χ3v) is 24.8. The number of allylic oxidation sites excluding steroid dienone is 2. The number of aliphatic hydroxyl groups excluding tert-OH is 14. The first-order valence-electron chi connectivity index (χ1n) is 32.5. The van der Waals surface area contributed by atoms with Gasteiger partial charge in [-0.05, 0) is 114 Å². The van der Waals surface area contributed by atoms with Crippen LogP contribution < -0.4 is 0 Å². The maximum absolute atomic E-state index is 14.0. The largest absolute Gasteiger partial charge is 0.454 e. The van der Waals surface area contributed by atoms with Crippen molar-refractivity contribution in [2.75, 3.05) is 19.8 Å².